The number of carbonyl (C=O) groups is 1. The number of nitrogens with one attached hydrogen (secondary N) is 1. The molecule has 7 rings (SSSR count). The molecule has 38 heavy (non-hydrogen) atoms. The van der Waals surface area contributed by atoms with Gasteiger partial charge in [-0.1, -0.05) is 38.6 Å². The molecule has 2 saturated carbocycles. The van der Waals surface area contributed by atoms with Crippen LogP contribution in [0, 0.1) is 11.3 Å². The Labute approximate surface area is 222 Å². The zero-order valence-corrected chi connectivity index (χ0v) is 22.6. The second kappa shape index (κ2) is 7.46. The highest BCUT2D eigenvalue weighted by atomic mass is 16.8. The second-order valence-corrected chi connectivity index (χ2v) is 13.1. The molecule has 2 bridgehead atoms. The summed E-state index contributed by atoms with van der Waals surface area (Å²) in [6, 6.07) is 8.39. The minimum atomic E-state index is -1.55. The molecular formula is C31H37NO6. The fourth-order valence-corrected chi connectivity index (χ4v) is 8.85. The number of hydrogen-bond acceptors (Lipinski definition) is 6. The van der Waals surface area contributed by atoms with E-state index in [1.54, 1.807) is 6.08 Å². The van der Waals surface area contributed by atoms with E-state index in [-0.39, 0.29) is 24.9 Å². The van der Waals surface area contributed by atoms with Crippen molar-refractivity contribution in [2.45, 2.75) is 88.0 Å². The zero-order valence-electron chi connectivity index (χ0n) is 22.6. The maximum absolute atomic E-state index is 13.4. The highest BCUT2D eigenvalue weighted by Gasteiger charge is 2.78. The van der Waals surface area contributed by atoms with Crippen molar-refractivity contribution >= 4 is 16.7 Å². The van der Waals surface area contributed by atoms with Crippen LogP contribution in [0.1, 0.15) is 58.2 Å². The average Bonchev–Trinajstić information content (AvgIpc) is 3.47. The van der Waals surface area contributed by atoms with Gasteiger partial charge in [-0.25, -0.2) is 0 Å². The lowest BCUT2D eigenvalue weighted by atomic mass is 9.41. The third kappa shape index (κ3) is 2.69. The fourth-order valence-electron chi connectivity index (χ4n) is 8.85. The molecule has 1 saturated heterocycles. The van der Waals surface area contributed by atoms with Crippen molar-refractivity contribution in [1.29, 1.82) is 0 Å². The molecule has 2 aliphatic heterocycles. The highest BCUT2D eigenvalue weighted by molar-refractivity contribution is 5.97. The van der Waals surface area contributed by atoms with Gasteiger partial charge in [0.05, 0.1) is 19.3 Å². The lowest BCUT2D eigenvalue weighted by Gasteiger charge is -2.67. The summed E-state index contributed by atoms with van der Waals surface area (Å²) in [4.78, 5) is 17.1. The summed E-state index contributed by atoms with van der Waals surface area (Å²) in [6.07, 6.45) is 2.90. The molecular weight excluding hydrogens is 482 g/mol. The monoisotopic (exact) mass is 519 g/mol. The van der Waals surface area contributed by atoms with Crippen LogP contribution in [-0.4, -0.2) is 63.4 Å². The number of rotatable bonds is 4. The highest BCUT2D eigenvalue weighted by Crippen LogP contribution is 2.72. The molecule has 2 aromatic rings. The predicted molar refractivity (Wildman–Crippen MR) is 142 cm³/mol. The quantitative estimate of drug-likeness (QED) is 0.531. The van der Waals surface area contributed by atoms with Crippen LogP contribution in [0.2, 0.25) is 0 Å². The van der Waals surface area contributed by atoms with Crippen molar-refractivity contribution in [3.63, 3.8) is 0 Å². The lowest BCUT2D eigenvalue weighted by Crippen LogP contribution is -2.74. The summed E-state index contributed by atoms with van der Waals surface area (Å²) in [5, 5.41) is 24.0. The minimum absolute atomic E-state index is 0.126. The van der Waals surface area contributed by atoms with Gasteiger partial charge in [-0.15, -0.1) is 0 Å². The number of carbonyl (C=O) groups excluding carboxylic acids is 1. The SMILES string of the molecule is C=C(CO)CO[C@H]1C[C@H]2Cc3c([nH]c4ccccc34)[C@]2(C)[C@@]2(C)CC[C@@]34OC(C(=O)C=C3[C@]12O)C(C)(C)O4. The molecule has 1 spiro atoms. The first-order valence-corrected chi connectivity index (χ1v) is 13.8. The lowest BCUT2D eigenvalue weighted by molar-refractivity contribution is -0.279. The van der Waals surface area contributed by atoms with Crippen molar-refractivity contribution in [2.75, 3.05) is 13.2 Å². The normalized spacial score (nSPS) is 42.3. The molecule has 1 aromatic heterocycles. The number of aliphatic hydroxyl groups is 2. The molecule has 7 atom stereocenters. The van der Waals surface area contributed by atoms with Crippen LogP contribution in [0.15, 0.2) is 48.1 Å². The summed E-state index contributed by atoms with van der Waals surface area (Å²) in [5.41, 5.74) is 1.13. The summed E-state index contributed by atoms with van der Waals surface area (Å²) in [5.74, 6) is -1.13. The molecule has 3 N–H and O–H groups in total. The number of aliphatic hydroxyl groups excluding tert-OH is 1. The van der Waals surface area contributed by atoms with Gasteiger partial charge in [0.15, 0.2) is 17.7 Å². The minimum Gasteiger partial charge on any atom is -0.392 e. The van der Waals surface area contributed by atoms with Crippen molar-refractivity contribution in [2.24, 2.45) is 11.3 Å². The van der Waals surface area contributed by atoms with Crippen LogP contribution >= 0.6 is 0 Å². The van der Waals surface area contributed by atoms with E-state index in [9.17, 15) is 15.0 Å². The van der Waals surface area contributed by atoms with E-state index in [2.05, 4.69) is 43.6 Å². The van der Waals surface area contributed by atoms with E-state index in [4.69, 9.17) is 14.2 Å². The first-order valence-electron chi connectivity index (χ1n) is 13.8. The van der Waals surface area contributed by atoms with Gasteiger partial charge in [0.25, 0.3) is 0 Å². The van der Waals surface area contributed by atoms with Gasteiger partial charge in [0.1, 0.15) is 11.2 Å². The van der Waals surface area contributed by atoms with Gasteiger partial charge in [-0.05, 0) is 62.3 Å². The number of ether oxygens (including phenoxy) is 3. The standard InChI is InChI=1S/C31H37NO6/c1-17(15-33)16-36-24-13-18-12-20-19-8-6-7-9-21(19)32-25(20)29(18,5)28(4)10-11-30-23(31(24,28)35)14-22(34)26(37-30)27(2,3)38-30/h6-9,14,18,24,26,32-33,35H,1,10-13,15-16H2,2-5H3/t18-,24+,26?,28-,29-,30+,31+/m1/s1. The number of aromatic nitrogens is 1. The number of H-pyrrole nitrogens is 1. The van der Waals surface area contributed by atoms with Crippen molar-refractivity contribution in [3.05, 3.63) is 59.3 Å². The molecule has 1 unspecified atom stereocenters. The maximum atomic E-state index is 13.4. The number of ketones is 1. The van der Waals surface area contributed by atoms with Crippen molar-refractivity contribution < 1.29 is 29.2 Å². The van der Waals surface area contributed by atoms with E-state index >= 15 is 0 Å². The Hall–Kier alpha value is -2.29. The molecule has 7 nitrogen and oxygen atoms in total. The van der Waals surface area contributed by atoms with Crippen LogP contribution in [0.3, 0.4) is 0 Å². The number of hydrogen-bond donors (Lipinski definition) is 3. The Bertz CT molecular complexity index is 1420. The molecule has 7 heteroatoms. The second-order valence-electron chi connectivity index (χ2n) is 13.1. The summed E-state index contributed by atoms with van der Waals surface area (Å²) in [7, 11) is 0. The first kappa shape index (κ1) is 24.7. The summed E-state index contributed by atoms with van der Waals surface area (Å²) in [6.45, 7) is 12.0. The number of fused-ring (bicyclic) bond motifs is 9. The largest absolute Gasteiger partial charge is 0.392 e. The third-order valence-corrected chi connectivity index (χ3v) is 11.0. The Balaban J connectivity index is 1.43. The Morgan fingerprint density at radius 3 is 2.74 bits per heavy atom. The van der Waals surface area contributed by atoms with Gasteiger partial charge in [-0.3, -0.25) is 4.79 Å². The van der Waals surface area contributed by atoms with Crippen LogP contribution in [0.4, 0.5) is 0 Å². The van der Waals surface area contributed by atoms with E-state index < -0.39 is 40.0 Å². The summed E-state index contributed by atoms with van der Waals surface area (Å²) < 4.78 is 19.4. The Morgan fingerprint density at radius 2 is 1.97 bits per heavy atom. The fraction of sp³-hybridized carbons (Fsp3) is 0.581. The van der Waals surface area contributed by atoms with Crippen molar-refractivity contribution in [1.82, 2.24) is 4.98 Å². The molecule has 3 heterocycles. The van der Waals surface area contributed by atoms with Crippen LogP contribution in [-0.2, 0) is 30.8 Å². The first-order chi connectivity index (χ1) is 17.9. The maximum Gasteiger partial charge on any atom is 0.195 e. The van der Waals surface area contributed by atoms with Crippen LogP contribution in [0.25, 0.3) is 10.9 Å². The van der Waals surface area contributed by atoms with Gasteiger partial charge >= 0.3 is 0 Å². The van der Waals surface area contributed by atoms with Gasteiger partial charge in [0, 0.05) is 39.4 Å². The number of para-hydroxylation sites is 1. The van der Waals surface area contributed by atoms with Crippen LogP contribution < -0.4 is 0 Å². The average molecular weight is 520 g/mol. The van der Waals surface area contributed by atoms with Crippen molar-refractivity contribution in [3.8, 4) is 0 Å². The van der Waals surface area contributed by atoms with Crippen LogP contribution in [0.5, 0.6) is 0 Å². The Kier molecular flexibility index (Phi) is 4.86. The van der Waals surface area contributed by atoms with Gasteiger partial charge in [0.2, 0.25) is 0 Å². The zero-order chi connectivity index (χ0) is 26.9. The molecule has 0 amide bonds. The van der Waals surface area contributed by atoms with E-state index in [1.807, 2.05) is 19.9 Å². The summed E-state index contributed by atoms with van der Waals surface area (Å²) >= 11 is 0. The molecule has 5 aliphatic rings. The molecule has 1 aromatic carbocycles. The smallest absolute Gasteiger partial charge is 0.195 e. The van der Waals surface area contributed by atoms with E-state index in [0.717, 1.165) is 11.9 Å². The molecule has 3 aliphatic carbocycles. The Morgan fingerprint density at radius 1 is 1.21 bits per heavy atom. The number of aromatic amines is 1. The molecule has 0 radical (unpaired) electrons. The van der Waals surface area contributed by atoms with Gasteiger partial charge < -0.3 is 29.4 Å². The number of benzene rings is 1. The molecule has 202 valence electrons. The van der Waals surface area contributed by atoms with E-state index in [1.165, 1.54) is 16.6 Å². The predicted octanol–water partition coefficient (Wildman–Crippen LogP) is 3.87. The third-order valence-electron chi connectivity index (χ3n) is 11.0. The topological polar surface area (TPSA) is 101 Å². The molecule has 3 fully saturated rings. The van der Waals surface area contributed by atoms with Gasteiger partial charge in [-0.2, -0.15) is 0 Å². The van der Waals surface area contributed by atoms with E-state index in [0.29, 0.717) is 30.4 Å².